The number of anilines is 1. The van der Waals surface area contributed by atoms with Gasteiger partial charge in [-0.25, -0.2) is 13.2 Å². The lowest BCUT2D eigenvalue weighted by Gasteiger charge is -2.16. The fourth-order valence-electron chi connectivity index (χ4n) is 3.26. The highest BCUT2D eigenvalue weighted by molar-refractivity contribution is 7.92. The van der Waals surface area contributed by atoms with Crippen LogP contribution in [-0.4, -0.2) is 33.7 Å². The van der Waals surface area contributed by atoms with E-state index in [1.807, 2.05) is 43.3 Å². The number of carbonyl (C=O) groups is 1. The zero-order chi connectivity index (χ0) is 22.6. The van der Waals surface area contributed by atoms with E-state index in [0.29, 0.717) is 12.0 Å². The lowest BCUT2D eigenvalue weighted by atomic mass is 10.0. The van der Waals surface area contributed by atoms with Gasteiger partial charge in [0.05, 0.1) is 30.4 Å². The van der Waals surface area contributed by atoms with Crippen molar-refractivity contribution in [1.82, 2.24) is 0 Å². The fraction of sp³-hybridized carbons (Fsp3) is 0.174. The Morgan fingerprint density at radius 1 is 0.968 bits per heavy atom. The summed E-state index contributed by atoms with van der Waals surface area (Å²) in [6.07, 6.45) is 0.413. The second-order valence-corrected chi connectivity index (χ2v) is 8.59. The van der Waals surface area contributed by atoms with Crippen LogP contribution in [0.4, 0.5) is 5.69 Å². The molecule has 0 spiro atoms. The van der Waals surface area contributed by atoms with Gasteiger partial charge in [-0.3, -0.25) is 4.72 Å². The molecule has 3 aromatic carbocycles. The first-order valence-electron chi connectivity index (χ1n) is 9.40. The van der Waals surface area contributed by atoms with Crippen LogP contribution in [0.25, 0.3) is 0 Å². The van der Waals surface area contributed by atoms with Crippen molar-refractivity contribution >= 4 is 21.7 Å². The van der Waals surface area contributed by atoms with E-state index in [9.17, 15) is 18.3 Å². The molecule has 0 saturated heterocycles. The topological polar surface area (TPSA) is 102 Å². The number of aryl methyl sites for hydroxylation is 1. The normalized spacial score (nSPS) is 11.1. The lowest BCUT2D eigenvalue weighted by Crippen LogP contribution is -2.18. The first kappa shape index (κ1) is 22.2. The van der Waals surface area contributed by atoms with Crippen molar-refractivity contribution < 1.29 is 27.8 Å². The maximum Gasteiger partial charge on any atom is 0.337 e. The van der Waals surface area contributed by atoms with Gasteiger partial charge in [0.25, 0.3) is 10.0 Å². The molecule has 7 nitrogen and oxygen atoms in total. The number of carboxylic acid groups (broad SMARTS) is 1. The number of rotatable bonds is 8. The number of sulfonamides is 1. The number of methoxy groups -OCH3 is 2. The summed E-state index contributed by atoms with van der Waals surface area (Å²) in [5.41, 5.74) is 2.12. The molecular formula is C23H23NO6S. The highest BCUT2D eigenvalue weighted by Gasteiger charge is 2.24. The largest absolute Gasteiger partial charge is 0.493 e. The molecule has 3 aromatic rings. The molecule has 31 heavy (non-hydrogen) atoms. The first-order chi connectivity index (χ1) is 14.7. The van der Waals surface area contributed by atoms with Crippen molar-refractivity contribution in [3.8, 4) is 11.5 Å². The van der Waals surface area contributed by atoms with Crippen molar-refractivity contribution in [1.29, 1.82) is 0 Å². The van der Waals surface area contributed by atoms with E-state index in [1.165, 1.54) is 32.4 Å². The Labute approximate surface area is 181 Å². The molecule has 0 unspecified atom stereocenters. The van der Waals surface area contributed by atoms with E-state index in [-0.39, 0.29) is 27.6 Å². The third kappa shape index (κ3) is 4.97. The summed E-state index contributed by atoms with van der Waals surface area (Å²) >= 11 is 0. The first-order valence-corrected chi connectivity index (χ1v) is 10.9. The average molecular weight is 442 g/mol. The van der Waals surface area contributed by atoms with Crippen LogP contribution >= 0.6 is 0 Å². The molecule has 0 saturated carbocycles. The Balaban J connectivity index is 2.06. The average Bonchev–Trinajstić information content (AvgIpc) is 2.73. The minimum Gasteiger partial charge on any atom is -0.493 e. The van der Waals surface area contributed by atoms with E-state index in [0.717, 1.165) is 11.1 Å². The number of hydrogen-bond acceptors (Lipinski definition) is 5. The van der Waals surface area contributed by atoms with E-state index in [4.69, 9.17) is 9.47 Å². The molecule has 0 radical (unpaired) electrons. The predicted molar refractivity (Wildman–Crippen MR) is 118 cm³/mol. The van der Waals surface area contributed by atoms with Gasteiger partial charge in [-0.1, -0.05) is 48.0 Å². The lowest BCUT2D eigenvalue weighted by molar-refractivity contribution is 0.0697. The molecule has 8 heteroatoms. The maximum absolute atomic E-state index is 13.3. The third-order valence-electron chi connectivity index (χ3n) is 4.74. The maximum atomic E-state index is 13.3. The Hall–Kier alpha value is -3.52. The summed E-state index contributed by atoms with van der Waals surface area (Å²) in [5.74, 6) is -0.909. The summed E-state index contributed by atoms with van der Waals surface area (Å²) in [7, 11) is -1.34. The molecule has 0 amide bonds. The molecule has 0 aromatic heterocycles. The zero-order valence-corrected chi connectivity index (χ0v) is 18.2. The molecule has 0 heterocycles. The number of ether oxygens (including phenoxy) is 2. The molecular weight excluding hydrogens is 418 g/mol. The van der Waals surface area contributed by atoms with E-state index < -0.39 is 16.0 Å². The minimum atomic E-state index is -4.09. The number of nitrogens with one attached hydrogen (secondary N) is 1. The number of aromatic carboxylic acids is 1. The highest BCUT2D eigenvalue weighted by atomic mass is 32.2. The van der Waals surface area contributed by atoms with Crippen LogP contribution in [-0.2, 0) is 16.4 Å². The van der Waals surface area contributed by atoms with Crippen molar-refractivity contribution in [2.45, 2.75) is 18.2 Å². The summed E-state index contributed by atoms with van der Waals surface area (Å²) in [6.45, 7) is 1.88. The van der Waals surface area contributed by atoms with Crippen LogP contribution in [0.15, 0.2) is 65.6 Å². The van der Waals surface area contributed by atoms with E-state index in [2.05, 4.69) is 4.72 Å². The second kappa shape index (κ2) is 9.09. The molecule has 0 fully saturated rings. The van der Waals surface area contributed by atoms with Crippen molar-refractivity contribution in [3.05, 3.63) is 82.9 Å². The summed E-state index contributed by atoms with van der Waals surface area (Å²) in [6, 6.07) is 17.1. The van der Waals surface area contributed by atoms with Crippen LogP contribution in [0, 0.1) is 6.92 Å². The van der Waals surface area contributed by atoms with Crippen molar-refractivity contribution in [2.75, 3.05) is 18.9 Å². The molecule has 0 aliphatic rings. The molecule has 162 valence electrons. The Morgan fingerprint density at radius 3 is 2.23 bits per heavy atom. The summed E-state index contributed by atoms with van der Waals surface area (Å²) in [5, 5.41) is 9.57. The fourth-order valence-corrected chi connectivity index (χ4v) is 4.56. The van der Waals surface area contributed by atoms with Crippen LogP contribution in [0.1, 0.15) is 27.0 Å². The van der Waals surface area contributed by atoms with E-state index >= 15 is 0 Å². The SMILES string of the molecule is COc1cc(NS(=O)(=O)c2ccc(C)cc2Cc2ccccc2)c(C(=O)O)cc1OC. The van der Waals surface area contributed by atoms with Crippen LogP contribution in [0.2, 0.25) is 0 Å². The van der Waals surface area contributed by atoms with Crippen molar-refractivity contribution in [2.24, 2.45) is 0 Å². The van der Waals surface area contributed by atoms with Crippen molar-refractivity contribution in [3.63, 3.8) is 0 Å². The van der Waals surface area contributed by atoms with Gasteiger partial charge in [0, 0.05) is 12.1 Å². The summed E-state index contributed by atoms with van der Waals surface area (Å²) in [4.78, 5) is 11.8. The monoisotopic (exact) mass is 441 g/mol. The van der Waals surface area contributed by atoms with Gasteiger partial charge in [-0.15, -0.1) is 0 Å². The molecule has 3 rings (SSSR count). The van der Waals surface area contributed by atoms with Gasteiger partial charge in [0.15, 0.2) is 11.5 Å². The van der Waals surface area contributed by atoms with Gasteiger partial charge >= 0.3 is 5.97 Å². The van der Waals surface area contributed by atoms with Gasteiger partial charge in [-0.2, -0.15) is 0 Å². The Bertz CT molecular complexity index is 1210. The van der Waals surface area contributed by atoms with Gasteiger partial charge in [0.2, 0.25) is 0 Å². The highest BCUT2D eigenvalue weighted by Crippen LogP contribution is 2.35. The predicted octanol–water partition coefficient (Wildman–Crippen LogP) is 4.10. The number of benzene rings is 3. The molecule has 0 bridgehead atoms. The minimum absolute atomic E-state index is 0.0769. The standard InChI is InChI=1S/C23H23NO6S/c1-15-9-10-22(17(11-15)12-16-7-5-4-6-8-16)31(27,28)24-19-14-21(30-3)20(29-2)13-18(19)23(25)26/h4-11,13-14,24H,12H2,1-3H3,(H,25,26). The van der Waals surface area contributed by atoms with E-state index in [1.54, 1.807) is 6.07 Å². The Morgan fingerprint density at radius 2 is 1.61 bits per heavy atom. The molecule has 0 aliphatic carbocycles. The second-order valence-electron chi connectivity index (χ2n) is 6.94. The number of carboxylic acids is 1. The van der Waals surface area contributed by atoms with Crippen LogP contribution in [0.5, 0.6) is 11.5 Å². The number of hydrogen-bond donors (Lipinski definition) is 2. The van der Waals surface area contributed by atoms with Gasteiger partial charge in [0.1, 0.15) is 0 Å². The van der Waals surface area contributed by atoms with Gasteiger partial charge in [-0.05, 0) is 30.5 Å². The molecule has 2 N–H and O–H groups in total. The molecule has 0 aliphatic heterocycles. The quantitative estimate of drug-likeness (QED) is 0.546. The van der Waals surface area contributed by atoms with Crippen LogP contribution < -0.4 is 14.2 Å². The van der Waals surface area contributed by atoms with Crippen LogP contribution in [0.3, 0.4) is 0 Å². The summed E-state index contributed by atoms with van der Waals surface area (Å²) < 4.78 is 39.3. The zero-order valence-electron chi connectivity index (χ0n) is 17.4. The Kier molecular flexibility index (Phi) is 6.50. The molecule has 0 atom stereocenters. The smallest absolute Gasteiger partial charge is 0.337 e. The van der Waals surface area contributed by atoms with Gasteiger partial charge < -0.3 is 14.6 Å². The third-order valence-corrected chi connectivity index (χ3v) is 6.21.